The number of rotatable bonds is 5. The van der Waals surface area contributed by atoms with Crippen LogP contribution in [0.2, 0.25) is 0 Å². The van der Waals surface area contributed by atoms with E-state index in [4.69, 9.17) is 4.74 Å². The highest BCUT2D eigenvalue weighted by atomic mass is 16.5. The lowest BCUT2D eigenvalue weighted by atomic mass is 9.88. The fourth-order valence-corrected chi connectivity index (χ4v) is 4.95. The summed E-state index contributed by atoms with van der Waals surface area (Å²) in [5.74, 6) is 2.40. The van der Waals surface area contributed by atoms with Crippen molar-refractivity contribution >= 4 is 26.0 Å². The maximum Gasteiger partial charge on any atom is 0.251 e. The van der Waals surface area contributed by atoms with Gasteiger partial charge in [-0.1, -0.05) is 31.5 Å². The Hall–Kier alpha value is -3.61. The third kappa shape index (κ3) is 5.45. The quantitative estimate of drug-likeness (QED) is 0.499. The molecular weight excluding hydrogens is 449 g/mol. The Kier molecular flexibility index (Phi) is 7.48. The van der Waals surface area contributed by atoms with Gasteiger partial charge in [-0.2, -0.15) is 0 Å². The zero-order valence-electron chi connectivity index (χ0n) is 21.1. The van der Waals surface area contributed by atoms with E-state index < -0.39 is 0 Å². The minimum atomic E-state index is -0.0184. The van der Waals surface area contributed by atoms with Crippen molar-refractivity contribution in [2.24, 2.45) is 0 Å². The van der Waals surface area contributed by atoms with E-state index in [1.54, 1.807) is 6.20 Å². The van der Waals surface area contributed by atoms with E-state index in [1.165, 1.54) is 16.7 Å². The van der Waals surface area contributed by atoms with Crippen LogP contribution in [0.3, 0.4) is 0 Å². The molecule has 0 saturated carbocycles. The molecule has 5 rings (SSSR count). The summed E-state index contributed by atoms with van der Waals surface area (Å²) < 4.78 is 6.23. The smallest absolute Gasteiger partial charge is 0.251 e. The molecule has 1 atom stereocenters. The Bertz CT molecular complexity index is 1300. The molecule has 2 N–H and O–H groups in total. The summed E-state index contributed by atoms with van der Waals surface area (Å²) in [6.07, 6.45) is 5.30. The average Bonchev–Trinajstić information content (AvgIpc) is 2.83. The van der Waals surface area contributed by atoms with Gasteiger partial charge in [-0.25, -0.2) is 4.98 Å². The number of benzene rings is 2. The van der Waals surface area contributed by atoms with Crippen molar-refractivity contribution < 1.29 is 14.3 Å². The number of aromatic nitrogens is 1. The number of carbonyl (C=O) groups is 2. The number of anilines is 1. The molecule has 1 aliphatic heterocycles. The van der Waals surface area contributed by atoms with Crippen LogP contribution in [0.5, 0.6) is 11.5 Å². The van der Waals surface area contributed by atoms with Gasteiger partial charge >= 0.3 is 0 Å². The molecule has 0 fully saturated rings. The summed E-state index contributed by atoms with van der Waals surface area (Å²) in [7, 11) is 0. The van der Waals surface area contributed by atoms with Crippen molar-refractivity contribution in [1.82, 2.24) is 10.3 Å². The normalized spacial score (nSPS) is 16.3. The van der Waals surface area contributed by atoms with Crippen LogP contribution >= 0.6 is 0 Å². The number of nitrogens with one attached hydrogen (secondary N) is 2. The largest absolute Gasteiger partial charge is 0.457 e. The molecule has 1 aromatic heterocycles. The maximum absolute atomic E-state index is 13.0. The summed E-state index contributed by atoms with van der Waals surface area (Å²) >= 11 is 0. The van der Waals surface area contributed by atoms with Gasteiger partial charge in [0, 0.05) is 38.2 Å². The molecule has 36 heavy (non-hydrogen) atoms. The molecule has 2 aliphatic rings. The van der Waals surface area contributed by atoms with Gasteiger partial charge in [-0.15, -0.1) is 0 Å². The molecule has 0 spiro atoms. The fraction of sp³-hybridized carbons (Fsp3) is 0.345. The highest BCUT2D eigenvalue weighted by molar-refractivity contribution is 5.95. The number of nitrogens with zero attached hydrogens (tertiary/aromatic N) is 1. The Labute approximate surface area is 214 Å². The first-order chi connectivity index (χ1) is 16.9. The minimum absolute atomic E-state index is 0. The van der Waals surface area contributed by atoms with Gasteiger partial charge in [0.2, 0.25) is 5.91 Å². The standard InChI is InChI=1S/C29H31N3O3.B/c1-17(2)20-12-18(3)13-22(14-20)29(34)31-23-6-4-19-5-7-24(16-21(19)15-23)35-26-10-11-30-28-25(26)8-9-27(33)32-28;/h5,7,10-14,16-17,23H,4,6,8-9,15H2,1-3H3,(H,31,34)(H,30,32,33);. The number of ether oxygens (including phenoxy) is 1. The van der Waals surface area contributed by atoms with E-state index >= 15 is 0 Å². The molecule has 3 aromatic rings. The molecule has 1 aliphatic carbocycles. The lowest BCUT2D eigenvalue weighted by Crippen LogP contribution is -2.38. The number of aryl methyl sites for hydroxylation is 2. The number of hydrogen-bond donors (Lipinski definition) is 2. The number of fused-ring (bicyclic) bond motifs is 2. The number of hydrogen-bond acceptors (Lipinski definition) is 4. The van der Waals surface area contributed by atoms with E-state index in [9.17, 15) is 9.59 Å². The number of carbonyl (C=O) groups excluding carboxylic acids is 2. The molecule has 0 bridgehead atoms. The van der Waals surface area contributed by atoms with Crippen LogP contribution in [0.25, 0.3) is 0 Å². The summed E-state index contributed by atoms with van der Waals surface area (Å²) in [6.45, 7) is 6.33. The van der Waals surface area contributed by atoms with Crippen molar-refractivity contribution in [3.63, 3.8) is 0 Å². The second-order valence-electron chi connectivity index (χ2n) is 9.92. The lowest BCUT2D eigenvalue weighted by molar-refractivity contribution is -0.116. The maximum atomic E-state index is 13.0. The summed E-state index contributed by atoms with van der Waals surface area (Å²) in [6, 6.07) is 14.2. The van der Waals surface area contributed by atoms with E-state index in [1.807, 2.05) is 31.2 Å². The molecule has 6 nitrogen and oxygen atoms in total. The second-order valence-corrected chi connectivity index (χ2v) is 9.92. The second kappa shape index (κ2) is 10.6. The third-order valence-electron chi connectivity index (χ3n) is 6.87. The van der Waals surface area contributed by atoms with Gasteiger partial charge in [0.1, 0.15) is 17.3 Å². The zero-order valence-corrected chi connectivity index (χ0v) is 21.1. The van der Waals surface area contributed by atoms with Crippen LogP contribution in [-0.2, 0) is 24.1 Å². The van der Waals surface area contributed by atoms with Gasteiger partial charge in [0.05, 0.1) is 0 Å². The molecule has 0 saturated heterocycles. The molecule has 2 aromatic carbocycles. The summed E-state index contributed by atoms with van der Waals surface area (Å²) in [5.41, 5.74) is 6.44. The Morgan fingerprint density at radius 3 is 2.72 bits per heavy atom. The highest BCUT2D eigenvalue weighted by Gasteiger charge is 2.23. The van der Waals surface area contributed by atoms with Gasteiger partial charge in [0.15, 0.2) is 0 Å². The first-order valence-corrected chi connectivity index (χ1v) is 12.4. The Morgan fingerprint density at radius 1 is 1.08 bits per heavy atom. The van der Waals surface area contributed by atoms with Gasteiger partial charge < -0.3 is 15.4 Å². The van der Waals surface area contributed by atoms with Gasteiger partial charge in [-0.05, 0) is 85.5 Å². The SMILES string of the molecule is Cc1cc(C(=O)NC2CCc3ccc(Oc4ccnc5c4CCC(=O)N5)cc3C2)cc(C(C)C)c1.[B]. The predicted octanol–water partition coefficient (Wildman–Crippen LogP) is 5.10. The van der Waals surface area contributed by atoms with Crippen LogP contribution in [0, 0.1) is 6.92 Å². The predicted molar refractivity (Wildman–Crippen MR) is 142 cm³/mol. The Balaban J connectivity index is 0.00000304. The third-order valence-corrected chi connectivity index (χ3v) is 6.87. The van der Waals surface area contributed by atoms with Crippen LogP contribution in [0.15, 0.2) is 48.7 Å². The summed E-state index contributed by atoms with van der Waals surface area (Å²) in [5, 5.41) is 6.07. The van der Waals surface area contributed by atoms with Crippen molar-refractivity contribution in [2.75, 3.05) is 5.32 Å². The lowest BCUT2D eigenvalue weighted by Gasteiger charge is -2.26. The van der Waals surface area contributed by atoms with Gasteiger partial charge in [0.25, 0.3) is 5.91 Å². The Morgan fingerprint density at radius 2 is 1.92 bits per heavy atom. The monoisotopic (exact) mass is 480 g/mol. The van der Waals surface area contributed by atoms with Crippen molar-refractivity contribution in [3.05, 3.63) is 82.0 Å². The number of amides is 2. The minimum Gasteiger partial charge on any atom is -0.457 e. The average molecular weight is 480 g/mol. The van der Waals surface area contributed by atoms with Crippen LogP contribution < -0.4 is 15.4 Å². The zero-order chi connectivity index (χ0) is 24.5. The van der Waals surface area contributed by atoms with Crippen molar-refractivity contribution in [2.45, 2.75) is 64.8 Å². The first-order valence-electron chi connectivity index (χ1n) is 12.4. The van der Waals surface area contributed by atoms with Crippen LogP contribution in [0.1, 0.15) is 70.8 Å². The van der Waals surface area contributed by atoms with Gasteiger partial charge in [-0.3, -0.25) is 9.59 Å². The highest BCUT2D eigenvalue weighted by Crippen LogP contribution is 2.34. The molecule has 183 valence electrons. The number of pyridine rings is 1. The molecule has 7 heteroatoms. The molecule has 2 heterocycles. The molecule has 1 unspecified atom stereocenters. The van der Waals surface area contributed by atoms with Crippen LogP contribution in [0.4, 0.5) is 5.82 Å². The summed E-state index contributed by atoms with van der Waals surface area (Å²) in [4.78, 5) is 29.0. The van der Waals surface area contributed by atoms with E-state index in [0.717, 1.165) is 47.5 Å². The van der Waals surface area contributed by atoms with E-state index in [2.05, 4.69) is 47.7 Å². The molecular formula is C29H31BN3O3. The van der Waals surface area contributed by atoms with E-state index in [-0.39, 0.29) is 26.3 Å². The van der Waals surface area contributed by atoms with Crippen molar-refractivity contribution in [1.29, 1.82) is 0 Å². The molecule has 2 amide bonds. The van der Waals surface area contributed by atoms with E-state index in [0.29, 0.717) is 24.6 Å². The fourth-order valence-electron chi connectivity index (χ4n) is 4.95. The first kappa shape index (κ1) is 25.5. The van der Waals surface area contributed by atoms with Crippen LogP contribution in [-0.4, -0.2) is 31.3 Å². The topological polar surface area (TPSA) is 80.3 Å². The van der Waals surface area contributed by atoms with Crippen molar-refractivity contribution in [3.8, 4) is 11.5 Å². The molecule has 3 radical (unpaired) electrons.